The van der Waals surface area contributed by atoms with Crippen molar-refractivity contribution in [3.05, 3.63) is 29.3 Å². The van der Waals surface area contributed by atoms with Crippen LogP contribution in [-0.4, -0.2) is 17.6 Å². The van der Waals surface area contributed by atoms with Gasteiger partial charge in [0.2, 0.25) is 5.91 Å². The molecule has 1 aromatic carbocycles. The van der Waals surface area contributed by atoms with Gasteiger partial charge in [-0.05, 0) is 43.5 Å². The van der Waals surface area contributed by atoms with Gasteiger partial charge in [0, 0.05) is 17.2 Å². The molecule has 0 unspecified atom stereocenters. The summed E-state index contributed by atoms with van der Waals surface area (Å²) < 4.78 is 0. The van der Waals surface area contributed by atoms with Crippen LogP contribution in [0.25, 0.3) is 0 Å². The number of benzene rings is 1. The normalized spacial score (nSPS) is 15.7. The van der Waals surface area contributed by atoms with E-state index in [0.717, 1.165) is 42.5 Å². The lowest BCUT2D eigenvalue weighted by atomic mass is 9.99. The van der Waals surface area contributed by atoms with Crippen molar-refractivity contribution < 1.29 is 9.90 Å². The first kappa shape index (κ1) is 15.6. The fraction of sp³-hybridized carbons (Fsp3) is 0.500. The number of hydrogen-bond donors (Lipinski definition) is 2. The summed E-state index contributed by atoms with van der Waals surface area (Å²) >= 11 is 0. The Morgan fingerprint density at radius 2 is 2.00 bits per heavy atom. The van der Waals surface area contributed by atoms with E-state index in [-0.39, 0.29) is 18.4 Å². The zero-order valence-electron chi connectivity index (χ0n) is 12.6. The van der Waals surface area contributed by atoms with E-state index >= 15 is 0 Å². The standard InChI is InChI=1S/C18H23NO2/c1-14-13-17(11-10-15(14)9-6-12-20)19-18(21)16-7-4-2-3-5-8-16/h10-11,13,16,20H,2-5,7-8,12H2,1H3,(H,19,21). The molecule has 1 aliphatic carbocycles. The van der Waals surface area contributed by atoms with Crippen molar-refractivity contribution in [3.63, 3.8) is 0 Å². The van der Waals surface area contributed by atoms with E-state index in [1.165, 1.54) is 12.8 Å². The van der Waals surface area contributed by atoms with E-state index in [1.807, 2.05) is 25.1 Å². The second-order valence-corrected chi connectivity index (χ2v) is 5.67. The Hall–Kier alpha value is -1.79. The molecule has 1 fully saturated rings. The summed E-state index contributed by atoms with van der Waals surface area (Å²) in [6, 6.07) is 5.71. The third-order valence-corrected chi connectivity index (χ3v) is 4.02. The minimum absolute atomic E-state index is 0.139. The molecule has 1 aromatic rings. The van der Waals surface area contributed by atoms with Crippen LogP contribution in [0.5, 0.6) is 0 Å². The van der Waals surface area contributed by atoms with Crippen molar-refractivity contribution in [1.82, 2.24) is 0 Å². The molecule has 0 bridgehead atoms. The summed E-state index contributed by atoms with van der Waals surface area (Å²) in [6.07, 6.45) is 6.83. The highest BCUT2D eigenvalue weighted by atomic mass is 16.2. The van der Waals surface area contributed by atoms with Crippen molar-refractivity contribution in [2.45, 2.75) is 45.4 Å². The molecule has 0 atom stereocenters. The number of anilines is 1. The van der Waals surface area contributed by atoms with E-state index in [9.17, 15) is 4.79 Å². The molecular formula is C18H23NO2. The molecule has 112 valence electrons. The number of aliphatic hydroxyl groups is 1. The lowest BCUT2D eigenvalue weighted by Gasteiger charge is -2.14. The van der Waals surface area contributed by atoms with E-state index in [2.05, 4.69) is 17.2 Å². The predicted octanol–water partition coefficient (Wildman–Crippen LogP) is 3.25. The minimum atomic E-state index is -0.139. The van der Waals surface area contributed by atoms with Crippen LogP contribution in [0.15, 0.2) is 18.2 Å². The van der Waals surface area contributed by atoms with Gasteiger partial charge < -0.3 is 10.4 Å². The Bertz CT molecular complexity index is 546. The van der Waals surface area contributed by atoms with Gasteiger partial charge in [0.05, 0.1) is 0 Å². The molecular weight excluding hydrogens is 262 g/mol. The molecule has 0 aromatic heterocycles. The Labute approximate surface area is 126 Å². The lowest BCUT2D eigenvalue weighted by molar-refractivity contribution is -0.120. The average Bonchev–Trinajstić information content (AvgIpc) is 2.75. The van der Waals surface area contributed by atoms with Crippen LogP contribution < -0.4 is 5.32 Å². The summed E-state index contributed by atoms with van der Waals surface area (Å²) in [7, 11) is 0. The van der Waals surface area contributed by atoms with Crippen molar-refractivity contribution >= 4 is 11.6 Å². The Morgan fingerprint density at radius 3 is 2.62 bits per heavy atom. The van der Waals surface area contributed by atoms with Gasteiger partial charge in [-0.15, -0.1) is 0 Å². The number of aryl methyl sites for hydroxylation is 1. The van der Waals surface area contributed by atoms with Gasteiger partial charge in [0.25, 0.3) is 0 Å². The molecule has 2 rings (SSSR count). The summed E-state index contributed by atoms with van der Waals surface area (Å²) in [6.45, 7) is 1.82. The summed E-state index contributed by atoms with van der Waals surface area (Å²) in [5.74, 6) is 5.84. The molecule has 1 saturated carbocycles. The third kappa shape index (κ3) is 4.61. The van der Waals surface area contributed by atoms with Gasteiger partial charge in [-0.2, -0.15) is 0 Å². The summed E-state index contributed by atoms with van der Waals surface area (Å²) in [4.78, 5) is 12.3. The number of amides is 1. The number of carbonyl (C=O) groups excluding carboxylic acids is 1. The fourth-order valence-electron chi connectivity index (χ4n) is 2.80. The van der Waals surface area contributed by atoms with Gasteiger partial charge in [0.1, 0.15) is 6.61 Å². The molecule has 0 spiro atoms. The van der Waals surface area contributed by atoms with Gasteiger partial charge in [-0.25, -0.2) is 0 Å². The Kier molecular flexibility index (Phi) is 5.83. The van der Waals surface area contributed by atoms with Crippen molar-refractivity contribution in [3.8, 4) is 11.8 Å². The van der Waals surface area contributed by atoms with Crippen LogP contribution in [0.4, 0.5) is 5.69 Å². The van der Waals surface area contributed by atoms with Crippen LogP contribution in [0.2, 0.25) is 0 Å². The zero-order valence-corrected chi connectivity index (χ0v) is 12.6. The van der Waals surface area contributed by atoms with Crippen LogP contribution in [0, 0.1) is 24.7 Å². The zero-order chi connectivity index (χ0) is 15.1. The minimum Gasteiger partial charge on any atom is -0.384 e. The first-order valence-electron chi connectivity index (χ1n) is 7.72. The largest absolute Gasteiger partial charge is 0.384 e. The van der Waals surface area contributed by atoms with Gasteiger partial charge in [-0.1, -0.05) is 37.5 Å². The predicted molar refractivity (Wildman–Crippen MR) is 85.0 cm³/mol. The van der Waals surface area contributed by atoms with Crippen molar-refractivity contribution in [2.75, 3.05) is 11.9 Å². The van der Waals surface area contributed by atoms with E-state index in [0.29, 0.717) is 0 Å². The van der Waals surface area contributed by atoms with Crippen LogP contribution in [-0.2, 0) is 4.79 Å². The second kappa shape index (κ2) is 7.85. The van der Waals surface area contributed by atoms with Crippen LogP contribution >= 0.6 is 0 Å². The molecule has 3 heteroatoms. The van der Waals surface area contributed by atoms with Gasteiger partial charge >= 0.3 is 0 Å². The second-order valence-electron chi connectivity index (χ2n) is 5.67. The Morgan fingerprint density at radius 1 is 1.29 bits per heavy atom. The highest BCUT2D eigenvalue weighted by Crippen LogP contribution is 2.24. The molecule has 21 heavy (non-hydrogen) atoms. The van der Waals surface area contributed by atoms with Crippen LogP contribution in [0.1, 0.15) is 49.7 Å². The van der Waals surface area contributed by atoms with Crippen molar-refractivity contribution in [2.24, 2.45) is 5.92 Å². The Balaban J connectivity index is 2.02. The number of aliphatic hydroxyl groups excluding tert-OH is 1. The monoisotopic (exact) mass is 285 g/mol. The van der Waals surface area contributed by atoms with E-state index in [1.54, 1.807) is 0 Å². The maximum atomic E-state index is 12.3. The number of nitrogens with one attached hydrogen (secondary N) is 1. The number of rotatable bonds is 2. The summed E-state index contributed by atoms with van der Waals surface area (Å²) in [5.41, 5.74) is 2.72. The molecule has 0 radical (unpaired) electrons. The van der Waals surface area contributed by atoms with Gasteiger partial charge in [-0.3, -0.25) is 4.79 Å². The number of carbonyl (C=O) groups is 1. The molecule has 1 amide bonds. The van der Waals surface area contributed by atoms with Gasteiger partial charge in [0.15, 0.2) is 0 Å². The number of hydrogen-bond acceptors (Lipinski definition) is 2. The molecule has 0 aliphatic heterocycles. The van der Waals surface area contributed by atoms with Crippen molar-refractivity contribution in [1.29, 1.82) is 0 Å². The average molecular weight is 285 g/mol. The first-order chi connectivity index (χ1) is 10.2. The van der Waals surface area contributed by atoms with Crippen LogP contribution in [0.3, 0.4) is 0 Å². The fourth-order valence-corrected chi connectivity index (χ4v) is 2.80. The molecule has 0 saturated heterocycles. The lowest BCUT2D eigenvalue weighted by Crippen LogP contribution is -2.22. The maximum absolute atomic E-state index is 12.3. The highest BCUT2D eigenvalue weighted by Gasteiger charge is 2.20. The molecule has 2 N–H and O–H groups in total. The SMILES string of the molecule is Cc1cc(NC(=O)C2CCCCCC2)ccc1C#CCO. The van der Waals surface area contributed by atoms with E-state index < -0.39 is 0 Å². The van der Waals surface area contributed by atoms with E-state index in [4.69, 9.17) is 5.11 Å². The molecule has 0 heterocycles. The first-order valence-corrected chi connectivity index (χ1v) is 7.72. The molecule has 3 nitrogen and oxygen atoms in total. The quantitative estimate of drug-likeness (QED) is 0.647. The third-order valence-electron chi connectivity index (χ3n) is 4.02. The molecule has 1 aliphatic rings. The highest BCUT2D eigenvalue weighted by molar-refractivity contribution is 5.92. The smallest absolute Gasteiger partial charge is 0.227 e. The topological polar surface area (TPSA) is 49.3 Å². The summed E-state index contributed by atoms with van der Waals surface area (Å²) in [5, 5.41) is 11.8. The maximum Gasteiger partial charge on any atom is 0.227 e.